The molecule has 6 heteroatoms. The van der Waals surface area contributed by atoms with Crippen molar-refractivity contribution in [1.82, 2.24) is 4.98 Å². The number of hydrogen-bond donors (Lipinski definition) is 2. The molecule has 0 spiro atoms. The molecule has 1 aliphatic heterocycles. The molecule has 1 aliphatic rings. The highest BCUT2D eigenvalue weighted by molar-refractivity contribution is 5.95. The van der Waals surface area contributed by atoms with E-state index in [4.69, 9.17) is 10.1 Å². The number of piperidine rings is 1. The van der Waals surface area contributed by atoms with Crippen LogP contribution in [0.15, 0.2) is 24.3 Å². The van der Waals surface area contributed by atoms with Gasteiger partial charge >= 0.3 is 5.97 Å². The van der Waals surface area contributed by atoms with Crippen LogP contribution in [0.3, 0.4) is 0 Å². The number of carbonyl (C=O) groups excluding carboxylic acids is 1. The lowest BCUT2D eigenvalue weighted by Crippen LogP contribution is -2.30. The number of carbonyl (C=O) groups is 2. The normalized spacial score (nSPS) is 14.5. The van der Waals surface area contributed by atoms with E-state index in [-0.39, 0.29) is 18.7 Å². The summed E-state index contributed by atoms with van der Waals surface area (Å²) in [6, 6.07) is 7.72. The summed E-state index contributed by atoms with van der Waals surface area (Å²) in [6.07, 6.45) is 3.51. The topological polar surface area (TPSA) is 82.5 Å². The number of anilines is 2. The number of hydrogen-bond acceptors (Lipinski definition) is 4. The maximum Gasteiger partial charge on any atom is 0.303 e. The number of rotatable bonds is 5. The first-order chi connectivity index (χ1) is 12.0. The number of carboxylic acids is 1. The fraction of sp³-hybridized carbons (Fsp3) is 0.421. The van der Waals surface area contributed by atoms with Crippen molar-refractivity contribution < 1.29 is 14.7 Å². The first-order valence-corrected chi connectivity index (χ1v) is 8.71. The average molecular weight is 341 g/mol. The van der Waals surface area contributed by atoms with Crippen LogP contribution < -0.4 is 10.2 Å². The summed E-state index contributed by atoms with van der Waals surface area (Å²) in [5.41, 5.74) is 2.69. The zero-order valence-corrected chi connectivity index (χ0v) is 14.4. The summed E-state index contributed by atoms with van der Waals surface area (Å²) in [5.74, 6) is -0.251. The molecule has 1 aromatic carbocycles. The third-order valence-electron chi connectivity index (χ3n) is 4.53. The van der Waals surface area contributed by atoms with Crippen LogP contribution in [0.25, 0.3) is 10.9 Å². The summed E-state index contributed by atoms with van der Waals surface area (Å²) in [6.45, 7) is 4.15. The van der Waals surface area contributed by atoms with Crippen LogP contribution in [-0.2, 0) is 9.59 Å². The van der Waals surface area contributed by atoms with E-state index in [2.05, 4.69) is 16.3 Å². The summed E-state index contributed by atoms with van der Waals surface area (Å²) in [7, 11) is 0. The molecule has 3 rings (SSSR count). The van der Waals surface area contributed by atoms with E-state index in [0.29, 0.717) is 5.69 Å². The van der Waals surface area contributed by atoms with E-state index in [0.717, 1.165) is 35.4 Å². The summed E-state index contributed by atoms with van der Waals surface area (Å²) in [4.78, 5) is 29.5. The third-order valence-corrected chi connectivity index (χ3v) is 4.53. The van der Waals surface area contributed by atoms with Crippen LogP contribution in [0.1, 0.15) is 37.7 Å². The molecule has 0 atom stereocenters. The largest absolute Gasteiger partial charge is 0.481 e. The number of aryl methyl sites for hydroxylation is 1. The molecule has 0 radical (unpaired) electrons. The van der Waals surface area contributed by atoms with Crippen LogP contribution in [0.2, 0.25) is 0 Å². The molecule has 132 valence electrons. The van der Waals surface area contributed by atoms with Gasteiger partial charge in [0.05, 0.1) is 11.9 Å². The Kier molecular flexibility index (Phi) is 5.16. The fourth-order valence-electron chi connectivity index (χ4n) is 3.18. The van der Waals surface area contributed by atoms with Crippen LogP contribution >= 0.6 is 0 Å². The summed E-state index contributed by atoms with van der Waals surface area (Å²) < 4.78 is 0. The van der Waals surface area contributed by atoms with E-state index < -0.39 is 5.97 Å². The Morgan fingerprint density at radius 2 is 1.92 bits per heavy atom. The summed E-state index contributed by atoms with van der Waals surface area (Å²) >= 11 is 0. The molecule has 2 heterocycles. The van der Waals surface area contributed by atoms with Crippen molar-refractivity contribution >= 4 is 34.3 Å². The molecule has 1 amide bonds. The zero-order chi connectivity index (χ0) is 17.8. The van der Waals surface area contributed by atoms with Gasteiger partial charge in [-0.2, -0.15) is 0 Å². The van der Waals surface area contributed by atoms with Gasteiger partial charge < -0.3 is 15.3 Å². The maximum atomic E-state index is 11.8. The molecule has 2 N–H and O–H groups in total. The van der Waals surface area contributed by atoms with Crippen LogP contribution in [-0.4, -0.2) is 35.1 Å². The highest BCUT2D eigenvalue weighted by Crippen LogP contribution is 2.27. The minimum atomic E-state index is -0.973. The van der Waals surface area contributed by atoms with Gasteiger partial charge in [-0.15, -0.1) is 0 Å². The number of nitrogens with one attached hydrogen (secondary N) is 1. The molecular formula is C19H23N3O3. The van der Waals surface area contributed by atoms with Gasteiger partial charge in [0.25, 0.3) is 0 Å². The van der Waals surface area contributed by atoms with Crippen LogP contribution in [0, 0.1) is 6.92 Å². The number of carboxylic acid groups (broad SMARTS) is 1. The van der Waals surface area contributed by atoms with E-state index in [1.54, 1.807) is 0 Å². The highest BCUT2D eigenvalue weighted by Gasteiger charge is 2.14. The third kappa shape index (κ3) is 4.26. The van der Waals surface area contributed by atoms with Crippen LogP contribution in [0.4, 0.5) is 11.5 Å². The number of aromatic nitrogens is 1. The predicted octanol–water partition coefficient (Wildman–Crippen LogP) is 3.34. The SMILES string of the molecule is Cc1cc(N2CCCCC2)nc2ccc(NC(=O)CCC(=O)O)cc12. The van der Waals surface area contributed by atoms with E-state index in [1.165, 1.54) is 19.3 Å². The molecule has 0 unspecified atom stereocenters. The number of fused-ring (bicyclic) bond motifs is 1. The first kappa shape index (κ1) is 17.2. The minimum absolute atomic E-state index is 0.0293. The second-order valence-corrected chi connectivity index (χ2v) is 6.52. The Morgan fingerprint density at radius 3 is 2.64 bits per heavy atom. The molecule has 0 bridgehead atoms. The zero-order valence-electron chi connectivity index (χ0n) is 14.4. The minimum Gasteiger partial charge on any atom is -0.481 e. The number of amides is 1. The number of aliphatic carboxylic acids is 1. The first-order valence-electron chi connectivity index (χ1n) is 8.71. The molecular weight excluding hydrogens is 318 g/mol. The van der Waals surface area contributed by atoms with Crippen molar-refractivity contribution in [2.45, 2.75) is 39.0 Å². The van der Waals surface area contributed by atoms with E-state index in [1.807, 2.05) is 25.1 Å². The second kappa shape index (κ2) is 7.51. The Morgan fingerprint density at radius 1 is 1.16 bits per heavy atom. The van der Waals surface area contributed by atoms with Gasteiger partial charge in [0.15, 0.2) is 0 Å². The van der Waals surface area contributed by atoms with Crippen molar-refractivity contribution in [1.29, 1.82) is 0 Å². The van der Waals surface area contributed by atoms with Crippen molar-refractivity contribution in [2.75, 3.05) is 23.3 Å². The van der Waals surface area contributed by atoms with Crippen LogP contribution in [0.5, 0.6) is 0 Å². The van der Waals surface area contributed by atoms with Gasteiger partial charge in [-0.1, -0.05) is 0 Å². The molecule has 1 aromatic heterocycles. The van der Waals surface area contributed by atoms with Gasteiger partial charge in [-0.25, -0.2) is 4.98 Å². The Balaban J connectivity index is 1.79. The van der Waals surface area contributed by atoms with Gasteiger partial charge in [0, 0.05) is 30.6 Å². The standard InChI is InChI=1S/C19H23N3O3/c1-13-11-17(22-9-3-2-4-10-22)21-16-6-5-14(12-15(13)16)20-18(23)7-8-19(24)25/h5-6,11-12H,2-4,7-10H2,1H3,(H,20,23)(H,24,25). The predicted molar refractivity (Wildman–Crippen MR) is 98.0 cm³/mol. The maximum absolute atomic E-state index is 11.8. The Hall–Kier alpha value is -2.63. The smallest absolute Gasteiger partial charge is 0.303 e. The van der Waals surface area contributed by atoms with Gasteiger partial charge in [0.1, 0.15) is 5.82 Å². The average Bonchev–Trinajstić information content (AvgIpc) is 2.61. The quantitative estimate of drug-likeness (QED) is 0.871. The van der Waals surface area contributed by atoms with Gasteiger partial charge in [-0.3, -0.25) is 9.59 Å². The molecule has 6 nitrogen and oxygen atoms in total. The molecule has 2 aromatic rings. The van der Waals surface area contributed by atoms with Gasteiger partial charge in [-0.05, 0) is 56.0 Å². The number of nitrogens with zero attached hydrogens (tertiary/aromatic N) is 2. The van der Waals surface area contributed by atoms with E-state index >= 15 is 0 Å². The van der Waals surface area contributed by atoms with E-state index in [9.17, 15) is 9.59 Å². The summed E-state index contributed by atoms with van der Waals surface area (Å²) in [5, 5.41) is 12.4. The fourth-order valence-corrected chi connectivity index (χ4v) is 3.18. The molecule has 0 aliphatic carbocycles. The van der Waals surface area contributed by atoms with Crippen molar-refractivity contribution in [2.24, 2.45) is 0 Å². The molecule has 1 fully saturated rings. The Labute approximate surface area is 146 Å². The molecule has 25 heavy (non-hydrogen) atoms. The Bertz CT molecular complexity index is 798. The number of benzene rings is 1. The molecule has 0 saturated carbocycles. The lowest BCUT2D eigenvalue weighted by Gasteiger charge is -2.28. The molecule has 1 saturated heterocycles. The second-order valence-electron chi connectivity index (χ2n) is 6.52. The number of pyridine rings is 1. The van der Waals surface area contributed by atoms with Crippen molar-refractivity contribution in [3.05, 3.63) is 29.8 Å². The van der Waals surface area contributed by atoms with Crippen molar-refractivity contribution in [3.8, 4) is 0 Å². The van der Waals surface area contributed by atoms with Crippen molar-refractivity contribution in [3.63, 3.8) is 0 Å². The lowest BCUT2D eigenvalue weighted by molar-refractivity contribution is -0.138. The van der Waals surface area contributed by atoms with Gasteiger partial charge in [0.2, 0.25) is 5.91 Å². The monoisotopic (exact) mass is 341 g/mol. The highest BCUT2D eigenvalue weighted by atomic mass is 16.4. The lowest BCUT2D eigenvalue weighted by atomic mass is 10.1.